The van der Waals surface area contributed by atoms with Crippen LogP contribution in [0, 0.1) is 19.8 Å². The maximum Gasteiger partial charge on any atom is 0.408 e. The Kier molecular flexibility index (Phi) is 14.7. The van der Waals surface area contributed by atoms with Gasteiger partial charge in [-0.3, -0.25) is 9.59 Å². The average molecular weight is 610 g/mol. The minimum Gasteiger partial charge on any atom is -0.497 e. The number of unbranched alkanes of at least 4 members (excludes halogenated alkanes) is 5. The summed E-state index contributed by atoms with van der Waals surface area (Å²) >= 11 is 0. The second-order valence-corrected chi connectivity index (χ2v) is 13.1. The van der Waals surface area contributed by atoms with Crippen LogP contribution < -0.4 is 15.4 Å². The summed E-state index contributed by atoms with van der Waals surface area (Å²) in [4.78, 5) is 43.3. The van der Waals surface area contributed by atoms with E-state index in [1.165, 1.54) is 6.42 Å². The first kappa shape index (κ1) is 36.6. The lowest BCUT2D eigenvalue weighted by Gasteiger charge is -2.35. The minimum atomic E-state index is -0.907. The molecule has 0 bridgehead atoms. The van der Waals surface area contributed by atoms with Crippen LogP contribution in [0.1, 0.15) is 109 Å². The van der Waals surface area contributed by atoms with Crippen LogP contribution in [0.25, 0.3) is 0 Å². The van der Waals surface area contributed by atoms with Gasteiger partial charge in [0, 0.05) is 12.2 Å². The topological polar surface area (TPSA) is 97.0 Å². The number of nitrogens with zero attached hydrogens (tertiary/aromatic N) is 1. The van der Waals surface area contributed by atoms with Gasteiger partial charge in [0.2, 0.25) is 5.91 Å². The fourth-order valence-electron chi connectivity index (χ4n) is 5.24. The molecule has 2 rings (SSSR count). The summed E-state index contributed by atoms with van der Waals surface area (Å²) < 4.78 is 10.8. The third-order valence-electron chi connectivity index (χ3n) is 7.37. The van der Waals surface area contributed by atoms with Crippen molar-refractivity contribution in [2.45, 2.75) is 118 Å². The van der Waals surface area contributed by atoms with Crippen LogP contribution in [0.3, 0.4) is 0 Å². The van der Waals surface area contributed by atoms with Crippen molar-refractivity contribution in [3.05, 3.63) is 59.2 Å². The van der Waals surface area contributed by atoms with Crippen LogP contribution in [-0.4, -0.2) is 48.1 Å². The van der Waals surface area contributed by atoms with Gasteiger partial charge in [0.1, 0.15) is 23.4 Å². The molecule has 0 radical (unpaired) electrons. The van der Waals surface area contributed by atoms with Crippen molar-refractivity contribution in [2.24, 2.45) is 5.92 Å². The van der Waals surface area contributed by atoms with Gasteiger partial charge < -0.3 is 25.0 Å². The Labute approximate surface area is 265 Å². The molecule has 0 aromatic heterocycles. The number of ether oxygens (including phenoxy) is 2. The third-order valence-corrected chi connectivity index (χ3v) is 7.37. The Bertz CT molecular complexity index is 1200. The van der Waals surface area contributed by atoms with Crippen molar-refractivity contribution in [1.29, 1.82) is 0 Å². The van der Waals surface area contributed by atoms with E-state index >= 15 is 0 Å². The highest BCUT2D eigenvalue weighted by molar-refractivity contribution is 5.99. The maximum atomic E-state index is 14.5. The Morgan fingerprint density at radius 2 is 1.55 bits per heavy atom. The quantitative estimate of drug-likeness (QED) is 0.187. The molecule has 0 saturated carbocycles. The Morgan fingerprint density at radius 3 is 2.11 bits per heavy atom. The number of hydrogen-bond donors (Lipinski definition) is 2. The average Bonchev–Trinajstić information content (AvgIpc) is 2.93. The molecule has 2 unspecified atom stereocenters. The van der Waals surface area contributed by atoms with E-state index in [-0.39, 0.29) is 17.7 Å². The summed E-state index contributed by atoms with van der Waals surface area (Å²) in [5.74, 6) is 0.177. The molecular weight excluding hydrogens is 554 g/mol. The van der Waals surface area contributed by atoms with E-state index in [9.17, 15) is 14.4 Å². The van der Waals surface area contributed by atoms with Crippen molar-refractivity contribution in [2.75, 3.05) is 19.0 Å². The van der Waals surface area contributed by atoms with Crippen molar-refractivity contribution >= 4 is 23.6 Å². The summed E-state index contributed by atoms with van der Waals surface area (Å²) in [6.45, 7) is 15.9. The zero-order chi connectivity index (χ0) is 32.9. The lowest BCUT2D eigenvalue weighted by Crippen LogP contribution is -2.53. The molecule has 0 spiro atoms. The molecule has 8 heteroatoms. The van der Waals surface area contributed by atoms with Crippen LogP contribution in [0.5, 0.6) is 5.75 Å². The molecule has 0 aliphatic rings. The molecule has 0 aliphatic heterocycles. The van der Waals surface area contributed by atoms with Crippen molar-refractivity contribution < 1.29 is 23.9 Å². The Morgan fingerprint density at radius 1 is 0.909 bits per heavy atom. The second-order valence-electron chi connectivity index (χ2n) is 13.1. The number of alkyl carbamates (subject to hydrolysis) is 1. The molecule has 2 atom stereocenters. The molecule has 0 heterocycles. The number of carbonyl (C=O) groups is 3. The smallest absolute Gasteiger partial charge is 0.408 e. The number of benzene rings is 2. The highest BCUT2D eigenvalue weighted by Crippen LogP contribution is 2.29. The van der Waals surface area contributed by atoms with Crippen LogP contribution in [0.15, 0.2) is 42.5 Å². The first-order valence-electron chi connectivity index (χ1n) is 16.1. The largest absolute Gasteiger partial charge is 0.497 e. The van der Waals surface area contributed by atoms with Crippen LogP contribution in [-0.2, 0) is 14.3 Å². The first-order valence-corrected chi connectivity index (χ1v) is 16.1. The zero-order valence-electron chi connectivity index (χ0n) is 28.4. The number of hydrogen-bond acceptors (Lipinski definition) is 5. The predicted octanol–water partition coefficient (Wildman–Crippen LogP) is 8.12. The third kappa shape index (κ3) is 12.2. The molecule has 3 amide bonds. The van der Waals surface area contributed by atoms with E-state index in [1.807, 2.05) is 45.9 Å². The predicted molar refractivity (Wildman–Crippen MR) is 178 cm³/mol. The number of methoxy groups -OCH3 is 1. The van der Waals surface area contributed by atoms with Crippen molar-refractivity contribution in [3.63, 3.8) is 0 Å². The van der Waals surface area contributed by atoms with Gasteiger partial charge in [0.25, 0.3) is 5.91 Å². The molecule has 0 saturated heterocycles. The Hall–Kier alpha value is -3.55. The van der Waals surface area contributed by atoms with E-state index in [0.717, 1.165) is 48.8 Å². The van der Waals surface area contributed by atoms with Gasteiger partial charge in [-0.05, 0) is 88.8 Å². The van der Waals surface area contributed by atoms with Gasteiger partial charge in [-0.25, -0.2) is 4.79 Å². The van der Waals surface area contributed by atoms with Gasteiger partial charge >= 0.3 is 6.09 Å². The monoisotopic (exact) mass is 609 g/mol. The normalized spacial score (nSPS) is 12.8. The summed E-state index contributed by atoms with van der Waals surface area (Å²) in [5.41, 5.74) is 2.62. The molecule has 2 N–H and O–H groups in total. The van der Waals surface area contributed by atoms with E-state index < -0.39 is 23.8 Å². The van der Waals surface area contributed by atoms with E-state index in [2.05, 4.69) is 17.6 Å². The van der Waals surface area contributed by atoms with E-state index in [4.69, 9.17) is 9.47 Å². The van der Waals surface area contributed by atoms with Crippen molar-refractivity contribution in [3.8, 4) is 5.75 Å². The molecular formula is C36H55N3O5. The molecule has 244 valence electrons. The fraction of sp³-hybridized carbons (Fsp3) is 0.583. The molecule has 2 aromatic carbocycles. The molecule has 8 nitrogen and oxygen atoms in total. The number of rotatable bonds is 16. The van der Waals surface area contributed by atoms with E-state index in [0.29, 0.717) is 24.4 Å². The van der Waals surface area contributed by atoms with E-state index in [1.54, 1.807) is 57.0 Å². The van der Waals surface area contributed by atoms with Gasteiger partial charge in [0.05, 0.1) is 7.11 Å². The SMILES string of the molecule is CCCCCCCCN(C(=O)C(CC(C)C)NC(=O)OC(C)(C)C)C(C(=O)Nc1ccc(OC)cc1)c1ccc(C)cc1C. The summed E-state index contributed by atoms with van der Waals surface area (Å²) in [7, 11) is 1.59. The van der Waals surface area contributed by atoms with Crippen LogP contribution >= 0.6 is 0 Å². The van der Waals surface area contributed by atoms with Gasteiger partial charge in [0.15, 0.2) is 0 Å². The van der Waals surface area contributed by atoms with Gasteiger partial charge in [-0.1, -0.05) is 76.6 Å². The number of carbonyl (C=O) groups excluding carboxylic acids is 3. The molecule has 0 fully saturated rings. The number of amides is 3. The van der Waals surface area contributed by atoms with Gasteiger partial charge in [-0.2, -0.15) is 0 Å². The van der Waals surface area contributed by atoms with Crippen LogP contribution in [0.2, 0.25) is 0 Å². The number of aryl methyl sites for hydroxylation is 2. The molecule has 0 aliphatic carbocycles. The highest BCUT2D eigenvalue weighted by atomic mass is 16.6. The lowest BCUT2D eigenvalue weighted by molar-refractivity contribution is -0.141. The van der Waals surface area contributed by atoms with Gasteiger partial charge in [-0.15, -0.1) is 0 Å². The Balaban J connectivity index is 2.55. The first-order chi connectivity index (χ1) is 20.7. The summed E-state index contributed by atoms with van der Waals surface area (Å²) in [5, 5.41) is 5.88. The van der Waals surface area contributed by atoms with Crippen LogP contribution in [0.4, 0.5) is 10.5 Å². The van der Waals surface area contributed by atoms with Crippen molar-refractivity contribution in [1.82, 2.24) is 10.2 Å². The highest BCUT2D eigenvalue weighted by Gasteiger charge is 2.37. The zero-order valence-corrected chi connectivity index (χ0v) is 28.4. The number of anilines is 1. The summed E-state index contributed by atoms with van der Waals surface area (Å²) in [6, 6.07) is 11.3. The summed E-state index contributed by atoms with van der Waals surface area (Å²) in [6.07, 6.45) is 5.97. The number of nitrogens with one attached hydrogen (secondary N) is 2. The minimum absolute atomic E-state index is 0.113. The fourth-order valence-corrected chi connectivity index (χ4v) is 5.24. The maximum absolute atomic E-state index is 14.5. The standard InChI is InChI=1S/C36H55N3O5/c1-10-11-12-13-14-15-22-39(34(41)31(23-25(2)3)38-35(42)44-36(6,7)8)32(30-21-16-26(4)24-27(30)5)33(40)37-28-17-19-29(43-9)20-18-28/h16-21,24-25,31-32H,10-15,22-23H2,1-9H3,(H,37,40)(H,38,42). The lowest BCUT2D eigenvalue weighted by atomic mass is 9.95. The second kappa shape index (κ2) is 17.7. The molecule has 44 heavy (non-hydrogen) atoms. The molecule has 2 aromatic rings.